The van der Waals surface area contributed by atoms with Crippen molar-refractivity contribution in [1.82, 2.24) is 9.29 Å². The molecule has 1 aliphatic rings. The van der Waals surface area contributed by atoms with Crippen LogP contribution in [0.25, 0.3) is 10.9 Å². The van der Waals surface area contributed by atoms with E-state index in [0.717, 1.165) is 40.7 Å². The van der Waals surface area contributed by atoms with Gasteiger partial charge in [0, 0.05) is 35.9 Å². The Balaban J connectivity index is 1.42. The van der Waals surface area contributed by atoms with Crippen LogP contribution >= 0.6 is 0 Å². The number of sulfonamides is 1. The molecule has 2 heterocycles. The molecule has 0 amide bonds. The van der Waals surface area contributed by atoms with Crippen molar-refractivity contribution < 1.29 is 8.42 Å². The van der Waals surface area contributed by atoms with E-state index in [0.29, 0.717) is 13.1 Å². The van der Waals surface area contributed by atoms with Crippen LogP contribution in [0.3, 0.4) is 0 Å². The molecular weight excluding hydrogens is 370 g/mol. The summed E-state index contributed by atoms with van der Waals surface area (Å²) in [5.74, 6) is 0.0696. The second-order valence-electron chi connectivity index (χ2n) is 7.39. The maximum Gasteiger partial charge on any atom is 0.218 e. The zero-order valence-electron chi connectivity index (χ0n) is 16.0. The number of pyridine rings is 1. The number of nitrogens with one attached hydrogen (secondary N) is 1. The predicted octanol–water partition coefficient (Wildman–Crippen LogP) is 3.95. The lowest BCUT2D eigenvalue weighted by Crippen LogP contribution is -2.42. The SMILES string of the molecule is Cc1cc(NC2CCN(S(=O)(=O)Cc3ccccc3)CC2)c2ccccc2n1. The second kappa shape index (κ2) is 7.89. The van der Waals surface area contributed by atoms with Crippen molar-refractivity contribution in [3.63, 3.8) is 0 Å². The largest absolute Gasteiger partial charge is 0.382 e. The molecule has 0 atom stereocenters. The van der Waals surface area contributed by atoms with Crippen LogP contribution in [0.2, 0.25) is 0 Å². The molecule has 0 bridgehead atoms. The second-order valence-corrected chi connectivity index (χ2v) is 9.36. The quantitative estimate of drug-likeness (QED) is 0.711. The van der Waals surface area contributed by atoms with E-state index < -0.39 is 10.0 Å². The van der Waals surface area contributed by atoms with Gasteiger partial charge in [0.15, 0.2) is 0 Å². The molecular formula is C22H25N3O2S. The van der Waals surface area contributed by atoms with Crippen LogP contribution in [-0.4, -0.2) is 36.8 Å². The zero-order valence-corrected chi connectivity index (χ0v) is 16.8. The van der Waals surface area contributed by atoms with Gasteiger partial charge >= 0.3 is 0 Å². The molecule has 1 saturated heterocycles. The van der Waals surface area contributed by atoms with Crippen LogP contribution in [-0.2, 0) is 15.8 Å². The number of hydrogen-bond donors (Lipinski definition) is 1. The highest BCUT2D eigenvalue weighted by molar-refractivity contribution is 7.88. The number of para-hydroxylation sites is 1. The first-order chi connectivity index (χ1) is 13.5. The van der Waals surface area contributed by atoms with Gasteiger partial charge in [-0.3, -0.25) is 4.98 Å². The van der Waals surface area contributed by atoms with Crippen molar-refractivity contribution in [3.05, 3.63) is 71.9 Å². The number of benzene rings is 2. The molecule has 1 aromatic heterocycles. The first kappa shape index (κ1) is 18.9. The average Bonchev–Trinajstić information content (AvgIpc) is 2.69. The summed E-state index contributed by atoms with van der Waals surface area (Å²) in [6.07, 6.45) is 1.59. The molecule has 3 aromatic rings. The third kappa shape index (κ3) is 4.18. The van der Waals surface area contributed by atoms with Crippen LogP contribution in [0.5, 0.6) is 0 Å². The van der Waals surface area contributed by atoms with Crippen LogP contribution in [0, 0.1) is 6.92 Å². The lowest BCUT2D eigenvalue weighted by molar-refractivity contribution is 0.329. The summed E-state index contributed by atoms with van der Waals surface area (Å²) in [6.45, 7) is 3.10. The smallest absolute Gasteiger partial charge is 0.218 e. The van der Waals surface area contributed by atoms with Gasteiger partial charge in [0.05, 0.1) is 11.3 Å². The highest BCUT2D eigenvalue weighted by atomic mass is 32.2. The third-order valence-corrected chi connectivity index (χ3v) is 7.09. The molecule has 0 unspecified atom stereocenters. The summed E-state index contributed by atoms with van der Waals surface area (Å²) in [5, 5.41) is 4.73. The Morgan fingerprint density at radius 3 is 2.46 bits per heavy atom. The molecule has 4 rings (SSSR count). The molecule has 28 heavy (non-hydrogen) atoms. The van der Waals surface area contributed by atoms with Crippen molar-refractivity contribution in [2.24, 2.45) is 0 Å². The van der Waals surface area contributed by atoms with Gasteiger partial charge in [0.2, 0.25) is 10.0 Å². The highest BCUT2D eigenvalue weighted by Crippen LogP contribution is 2.26. The van der Waals surface area contributed by atoms with E-state index >= 15 is 0 Å². The van der Waals surface area contributed by atoms with Gasteiger partial charge in [-0.15, -0.1) is 0 Å². The molecule has 1 N–H and O–H groups in total. The van der Waals surface area contributed by atoms with E-state index in [2.05, 4.69) is 22.4 Å². The Bertz CT molecular complexity index is 1060. The minimum atomic E-state index is -3.28. The van der Waals surface area contributed by atoms with Gasteiger partial charge in [-0.1, -0.05) is 48.5 Å². The zero-order chi connectivity index (χ0) is 19.6. The number of aryl methyl sites for hydroxylation is 1. The normalized spacial score (nSPS) is 16.3. The summed E-state index contributed by atoms with van der Waals surface area (Å²) < 4.78 is 27.1. The van der Waals surface area contributed by atoms with Crippen LogP contribution in [0.4, 0.5) is 5.69 Å². The lowest BCUT2D eigenvalue weighted by Gasteiger charge is -2.32. The summed E-state index contributed by atoms with van der Waals surface area (Å²) in [7, 11) is -3.28. The van der Waals surface area contributed by atoms with Gasteiger partial charge in [-0.2, -0.15) is 0 Å². The number of nitrogens with zero attached hydrogens (tertiary/aromatic N) is 2. The van der Waals surface area contributed by atoms with Crippen molar-refractivity contribution in [1.29, 1.82) is 0 Å². The molecule has 146 valence electrons. The van der Waals surface area contributed by atoms with Crippen LogP contribution < -0.4 is 5.32 Å². The molecule has 0 saturated carbocycles. The van der Waals surface area contributed by atoms with E-state index in [1.54, 1.807) is 4.31 Å². The van der Waals surface area contributed by atoms with E-state index in [4.69, 9.17) is 0 Å². The van der Waals surface area contributed by atoms with Gasteiger partial charge in [0.1, 0.15) is 0 Å². The number of fused-ring (bicyclic) bond motifs is 1. The van der Waals surface area contributed by atoms with E-state index in [9.17, 15) is 8.42 Å². The number of rotatable bonds is 5. The summed E-state index contributed by atoms with van der Waals surface area (Å²) in [4.78, 5) is 4.59. The van der Waals surface area contributed by atoms with E-state index in [-0.39, 0.29) is 11.8 Å². The lowest BCUT2D eigenvalue weighted by atomic mass is 10.1. The van der Waals surface area contributed by atoms with Crippen molar-refractivity contribution >= 4 is 26.6 Å². The Kier molecular flexibility index (Phi) is 5.33. The van der Waals surface area contributed by atoms with Gasteiger partial charge < -0.3 is 5.32 Å². The number of aromatic nitrogens is 1. The van der Waals surface area contributed by atoms with Gasteiger partial charge in [-0.05, 0) is 37.5 Å². The number of piperidine rings is 1. The molecule has 0 radical (unpaired) electrons. The molecule has 1 aliphatic heterocycles. The fraction of sp³-hybridized carbons (Fsp3) is 0.318. The fourth-order valence-electron chi connectivity index (χ4n) is 3.80. The van der Waals surface area contributed by atoms with Crippen LogP contribution in [0.1, 0.15) is 24.1 Å². The molecule has 0 spiro atoms. The standard InChI is InChI=1S/C22H25N3O2S/c1-17-15-22(20-9-5-6-10-21(20)23-17)24-19-11-13-25(14-12-19)28(26,27)16-18-7-3-2-4-8-18/h2-10,15,19H,11-14,16H2,1H3,(H,23,24). The molecule has 6 heteroatoms. The summed E-state index contributed by atoms with van der Waals surface area (Å²) >= 11 is 0. The Labute approximate surface area is 166 Å². The minimum absolute atomic E-state index is 0.0696. The Morgan fingerprint density at radius 2 is 1.71 bits per heavy atom. The minimum Gasteiger partial charge on any atom is -0.382 e. The van der Waals surface area contributed by atoms with Crippen molar-refractivity contribution in [2.45, 2.75) is 31.6 Å². The van der Waals surface area contributed by atoms with Gasteiger partial charge in [0.25, 0.3) is 0 Å². The summed E-state index contributed by atoms with van der Waals surface area (Å²) in [6, 6.07) is 19.8. The predicted molar refractivity (Wildman–Crippen MR) is 114 cm³/mol. The Morgan fingerprint density at radius 1 is 1.04 bits per heavy atom. The highest BCUT2D eigenvalue weighted by Gasteiger charge is 2.28. The summed E-state index contributed by atoms with van der Waals surface area (Å²) in [5.41, 5.74) is 3.87. The fourth-order valence-corrected chi connectivity index (χ4v) is 5.36. The molecule has 2 aromatic carbocycles. The number of hydrogen-bond acceptors (Lipinski definition) is 4. The molecule has 1 fully saturated rings. The Hall–Kier alpha value is -2.44. The van der Waals surface area contributed by atoms with Crippen molar-refractivity contribution in [2.75, 3.05) is 18.4 Å². The first-order valence-electron chi connectivity index (χ1n) is 9.66. The topological polar surface area (TPSA) is 62.3 Å². The van der Waals surface area contributed by atoms with Gasteiger partial charge in [-0.25, -0.2) is 12.7 Å². The monoisotopic (exact) mass is 395 g/mol. The third-order valence-electron chi connectivity index (χ3n) is 5.24. The number of anilines is 1. The molecule has 5 nitrogen and oxygen atoms in total. The molecule has 0 aliphatic carbocycles. The van der Waals surface area contributed by atoms with E-state index in [1.807, 2.05) is 55.5 Å². The van der Waals surface area contributed by atoms with Crippen molar-refractivity contribution in [3.8, 4) is 0 Å². The van der Waals surface area contributed by atoms with E-state index in [1.165, 1.54) is 0 Å². The maximum atomic E-state index is 12.7. The maximum absolute atomic E-state index is 12.7. The first-order valence-corrected chi connectivity index (χ1v) is 11.3. The van der Waals surface area contributed by atoms with Crippen LogP contribution in [0.15, 0.2) is 60.7 Å². The average molecular weight is 396 g/mol.